The summed E-state index contributed by atoms with van der Waals surface area (Å²) in [7, 11) is 3.89. The number of hydrogen-bond acceptors (Lipinski definition) is 5. The standard InChI is InChI=1S/C11H11NO2.C8H6O2/c1-12(2)9-5-3-8-4-6-11(13)14-10(8)7-9;9-8-7-3-1-2-6(4-7)5-10-8/h3-7H,1-2H3;1-4H,5H2. The van der Waals surface area contributed by atoms with Gasteiger partial charge in [-0.15, -0.1) is 0 Å². The van der Waals surface area contributed by atoms with Gasteiger partial charge in [0.1, 0.15) is 12.2 Å². The highest BCUT2D eigenvalue weighted by Gasteiger charge is 2.12. The first-order valence-electron chi connectivity index (χ1n) is 7.50. The molecule has 0 spiro atoms. The molecule has 5 heteroatoms. The van der Waals surface area contributed by atoms with Crippen LogP contribution in [0.3, 0.4) is 0 Å². The molecule has 4 rings (SSSR count). The van der Waals surface area contributed by atoms with Gasteiger partial charge in [-0.05, 0) is 35.9 Å². The van der Waals surface area contributed by atoms with E-state index in [2.05, 4.69) is 0 Å². The van der Waals surface area contributed by atoms with E-state index in [1.54, 1.807) is 12.1 Å². The lowest BCUT2D eigenvalue weighted by Crippen LogP contribution is -2.10. The second kappa shape index (κ2) is 6.58. The number of cyclic esters (lactones) is 1. The van der Waals surface area contributed by atoms with Crippen LogP contribution in [-0.4, -0.2) is 20.1 Å². The topological polar surface area (TPSA) is 59.8 Å². The summed E-state index contributed by atoms with van der Waals surface area (Å²) in [4.78, 5) is 23.8. The lowest BCUT2D eigenvalue weighted by Gasteiger charge is -2.11. The van der Waals surface area contributed by atoms with E-state index in [4.69, 9.17) is 9.15 Å². The van der Waals surface area contributed by atoms with Crippen LogP contribution < -0.4 is 10.5 Å². The van der Waals surface area contributed by atoms with Crippen molar-refractivity contribution in [3.05, 3.63) is 76.1 Å². The van der Waals surface area contributed by atoms with Gasteiger partial charge in [0.25, 0.3) is 0 Å². The van der Waals surface area contributed by atoms with E-state index < -0.39 is 0 Å². The number of carbonyl (C=O) groups excluding carboxylic acids is 1. The molecule has 0 N–H and O–H groups in total. The smallest absolute Gasteiger partial charge is 0.338 e. The van der Waals surface area contributed by atoms with Crippen LogP contribution in [0.2, 0.25) is 0 Å². The van der Waals surface area contributed by atoms with Crippen molar-refractivity contribution < 1.29 is 13.9 Å². The van der Waals surface area contributed by atoms with Gasteiger partial charge in [-0.25, -0.2) is 9.59 Å². The highest BCUT2D eigenvalue weighted by Crippen LogP contribution is 2.19. The maximum absolute atomic E-state index is 11.0. The average molecular weight is 323 g/mol. The molecule has 3 aromatic rings. The molecule has 0 saturated heterocycles. The minimum Gasteiger partial charge on any atom is -0.457 e. The molecule has 2 heterocycles. The van der Waals surface area contributed by atoms with E-state index >= 15 is 0 Å². The first-order chi connectivity index (χ1) is 11.5. The van der Waals surface area contributed by atoms with E-state index in [0.717, 1.165) is 16.6 Å². The van der Waals surface area contributed by atoms with Crippen LogP contribution in [0.25, 0.3) is 11.0 Å². The van der Waals surface area contributed by atoms with E-state index in [1.165, 1.54) is 6.07 Å². The quantitative estimate of drug-likeness (QED) is 0.508. The fraction of sp³-hybridized carbons (Fsp3) is 0.158. The lowest BCUT2D eigenvalue weighted by atomic mass is 10.1. The van der Waals surface area contributed by atoms with Gasteiger partial charge in [0.2, 0.25) is 0 Å². The summed E-state index contributed by atoms with van der Waals surface area (Å²) in [5, 5.41) is 0.940. The molecule has 0 atom stereocenters. The Kier molecular flexibility index (Phi) is 4.33. The van der Waals surface area contributed by atoms with Crippen molar-refractivity contribution in [3.8, 4) is 0 Å². The molecule has 24 heavy (non-hydrogen) atoms. The summed E-state index contributed by atoms with van der Waals surface area (Å²) in [6, 6.07) is 16.4. The Hall–Kier alpha value is -3.08. The number of benzene rings is 2. The van der Waals surface area contributed by atoms with Gasteiger partial charge in [-0.2, -0.15) is 0 Å². The molecular weight excluding hydrogens is 306 g/mol. The van der Waals surface area contributed by atoms with Crippen LogP contribution in [0.1, 0.15) is 15.9 Å². The second-order valence-electron chi connectivity index (χ2n) is 5.65. The zero-order chi connectivity index (χ0) is 17.1. The molecule has 122 valence electrons. The molecule has 1 aliphatic heterocycles. The number of fused-ring (bicyclic) bond motifs is 3. The summed E-state index contributed by atoms with van der Waals surface area (Å²) in [5.41, 5.74) is 3.06. The Bertz CT molecular complexity index is 943. The van der Waals surface area contributed by atoms with E-state index in [0.29, 0.717) is 17.8 Å². The van der Waals surface area contributed by atoms with Crippen LogP contribution in [0.15, 0.2) is 63.8 Å². The Morgan fingerprint density at radius 3 is 2.50 bits per heavy atom. The Balaban J connectivity index is 0.000000149. The van der Waals surface area contributed by atoms with Gasteiger partial charge in [0, 0.05) is 37.3 Å². The number of nitrogens with zero attached hydrogens (tertiary/aromatic N) is 1. The average Bonchev–Trinajstić information content (AvgIpc) is 2.59. The minimum absolute atomic E-state index is 0.215. The maximum atomic E-state index is 11.0. The Morgan fingerprint density at radius 1 is 0.958 bits per heavy atom. The molecule has 0 amide bonds. The SMILES string of the molecule is CN(C)c1ccc2ccc(=O)oc2c1.O=C1OCc2cccc1c2. The monoisotopic (exact) mass is 323 g/mol. The number of anilines is 1. The van der Waals surface area contributed by atoms with Crippen molar-refractivity contribution in [2.75, 3.05) is 19.0 Å². The Morgan fingerprint density at radius 2 is 1.75 bits per heavy atom. The first kappa shape index (κ1) is 15.8. The van der Waals surface area contributed by atoms with E-state index in [9.17, 15) is 9.59 Å². The van der Waals surface area contributed by atoms with Crippen LogP contribution in [0.5, 0.6) is 0 Å². The zero-order valence-electron chi connectivity index (χ0n) is 13.5. The Labute approximate surface area is 139 Å². The van der Waals surface area contributed by atoms with Crippen molar-refractivity contribution in [2.24, 2.45) is 0 Å². The van der Waals surface area contributed by atoms with Crippen LogP contribution in [0, 0.1) is 0 Å². The normalized spacial score (nSPS) is 12.2. The molecule has 1 aliphatic rings. The van der Waals surface area contributed by atoms with Gasteiger partial charge in [0.15, 0.2) is 0 Å². The molecule has 0 aliphatic carbocycles. The van der Waals surface area contributed by atoms with Gasteiger partial charge in [0.05, 0.1) is 5.56 Å². The van der Waals surface area contributed by atoms with Crippen LogP contribution in [0.4, 0.5) is 5.69 Å². The fourth-order valence-corrected chi connectivity index (χ4v) is 2.35. The number of esters is 1. The summed E-state index contributed by atoms with van der Waals surface area (Å²) < 4.78 is 9.89. The van der Waals surface area contributed by atoms with Crippen LogP contribution in [-0.2, 0) is 11.3 Å². The molecule has 2 bridgehead atoms. The highest BCUT2D eigenvalue weighted by molar-refractivity contribution is 5.90. The number of hydrogen-bond donors (Lipinski definition) is 0. The van der Waals surface area contributed by atoms with Crippen molar-refractivity contribution >= 4 is 22.6 Å². The molecule has 0 saturated carbocycles. The third kappa shape index (κ3) is 3.46. The van der Waals surface area contributed by atoms with E-state index in [1.807, 2.05) is 55.4 Å². The predicted molar refractivity (Wildman–Crippen MR) is 92.4 cm³/mol. The second-order valence-corrected chi connectivity index (χ2v) is 5.65. The summed E-state index contributed by atoms with van der Waals surface area (Å²) in [5.74, 6) is -0.215. The van der Waals surface area contributed by atoms with Gasteiger partial charge in [-0.1, -0.05) is 12.1 Å². The number of rotatable bonds is 1. The third-order valence-electron chi connectivity index (χ3n) is 3.66. The molecule has 2 aromatic carbocycles. The van der Waals surface area contributed by atoms with Gasteiger partial charge < -0.3 is 14.1 Å². The summed E-state index contributed by atoms with van der Waals surface area (Å²) in [6.45, 7) is 0.423. The molecular formula is C19H17NO4. The fourth-order valence-electron chi connectivity index (χ4n) is 2.35. The summed E-state index contributed by atoms with van der Waals surface area (Å²) >= 11 is 0. The van der Waals surface area contributed by atoms with E-state index in [-0.39, 0.29) is 11.6 Å². The van der Waals surface area contributed by atoms with Gasteiger partial charge >= 0.3 is 11.6 Å². The van der Waals surface area contributed by atoms with Crippen molar-refractivity contribution in [2.45, 2.75) is 6.61 Å². The van der Waals surface area contributed by atoms with Crippen molar-refractivity contribution in [1.29, 1.82) is 0 Å². The molecule has 5 nitrogen and oxygen atoms in total. The number of ether oxygens (including phenoxy) is 1. The molecule has 1 aromatic heterocycles. The highest BCUT2D eigenvalue weighted by atomic mass is 16.5. The number of carbonyl (C=O) groups is 1. The zero-order valence-corrected chi connectivity index (χ0v) is 13.5. The van der Waals surface area contributed by atoms with Gasteiger partial charge in [-0.3, -0.25) is 0 Å². The van der Waals surface area contributed by atoms with Crippen molar-refractivity contribution in [3.63, 3.8) is 0 Å². The molecule has 0 radical (unpaired) electrons. The molecule has 0 unspecified atom stereocenters. The lowest BCUT2D eigenvalue weighted by molar-refractivity contribution is 0.0454. The van der Waals surface area contributed by atoms with Crippen molar-refractivity contribution in [1.82, 2.24) is 0 Å². The minimum atomic E-state index is -0.312. The largest absolute Gasteiger partial charge is 0.457 e. The summed E-state index contributed by atoms with van der Waals surface area (Å²) in [6.07, 6.45) is 0. The first-order valence-corrected chi connectivity index (χ1v) is 7.50. The van der Waals surface area contributed by atoms with Crippen LogP contribution >= 0.6 is 0 Å². The predicted octanol–water partition coefficient (Wildman–Crippen LogP) is 3.22. The maximum Gasteiger partial charge on any atom is 0.338 e. The molecule has 0 fully saturated rings. The third-order valence-corrected chi connectivity index (χ3v) is 3.66.